The topological polar surface area (TPSA) is 71.3 Å². The van der Waals surface area contributed by atoms with Crippen LogP contribution in [0.1, 0.15) is 16.7 Å². The van der Waals surface area contributed by atoms with Gasteiger partial charge in [-0.3, -0.25) is 4.79 Å². The van der Waals surface area contributed by atoms with Crippen molar-refractivity contribution >= 4 is 46.4 Å². The maximum atomic E-state index is 12.2. The van der Waals surface area contributed by atoms with Crippen LogP contribution in [0.15, 0.2) is 60.7 Å². The molecule has 0 unspecified atom stereocenters. The minimum atomic E-state index is -0.328. The molecule has 0 aliphatic heterocycles. The Hall–Kier alpha value is -3.46. The number of amides is 1. The van der Waals surface area contributed by atoms with Gasteiger partial charge >= 0.3 is 0 Å². The molecule has 0 fully saturated rings. The van der Waals surface area contributed by atoms with Crippen LogP contribution in [0.4, 0.5) is 5.69 Å². The molecule has 1 amide bonds. The minimum absolute atomic E-state index is 0.203. The molecular weight excluding hydrogens is 447 g/mol. The standard InChI is InChI=1S/C25H20Cl2N2O3/c1-16-3-9-21(13-22(16)27)29-25(30)15-32-23-10-4-17(12-24(23)31-2)11-19(14-28)18-5-7-20(26)8-6-18/h3-13H,15H2,1-2H3,(H,29,30)/b19-11+. The van der Waals surface area contributed by atoms with Gasteiger partial charge in [-0.15, -0.1) is 0 Å². The molecular formula is C25H20Cl2N2O3. The number of ether oxygens (including phenoxy) is 2. The van der Waals surface area contributed by atoms with Crippen molar-refractivity contribution < 1.29 is 14.3 Å². The molecule has 0 aromatic heterocycles. The molecule has 162 valence electrons. The molecule has 0 atom stereocenters. The summed E-state index contributed by atoms with van der Waals surface area (Å²) in [5.74, 6) is 0.524. The maximum absolute atomic E-state index is 12.2. The summed E-state index contributed by atoms with van der Waals surface area (Å²) >= 11 is 12.0. The van der Waals surface area contributed by atoms with E-state index in [1.54, 1.807) is 60.7 Å². The number of aryl methyl sites for hydroxylation is 1. The van der Waals surface area contributed by atoms with E-state index < -0.39 is 0 Å². The summed E-state index contributed by atoms with van der Waals surface area (Å²) in [6.45, 7) is 1.68. The first kappa shape index (κ1) is 23.2. The Kier molecular flexibility index (Phi) is 7.77. The third-order valence-corrected chi connectivity index (χ3v) is 5.25. The monoisotopic (exact) mass is 466 g/mol. The summed E-state index contributed by atoms with van der Waals surface area (Å²) in [5.41, 5.74) is 3.50. The van der Waals surface area contributed by atoms with Crippen LogP contribution in [-0.2, 0) is 4.79 Å². The zero-order valence-corrected chi connectivity index (χ0v) is 19.0. The van der Waals surface area contributed by atoms with Crippen LogP contribution in [0.2, 0.25) is 10.0 Å². The summed E-state index contributed by atoms with van der Waals surface area (Å²) in [6.07, 6.45) is 1.74. The Labute approximate surface area is 196 Å². The number of halogens is 2. The number of carbonyl (C=O) groups is 1. The Balaban J connectivity index is 1.70. The van der Waals surface area contributed by atoms with E-state index in [4.69, 9.17) is 32.7 Å². The molecule has 0 bridgehead atoms. The van der Waals surface area contributed by atoms with Gasteiger partial charge in [-0.1, -0.05) is 47.5 Å². The Morgan fingerprint density at radius 2 is 1.81 bits per heavy atom. The second-order valence-corrected chi connectivity index (χ2v) is 7.73. The number of nitriles is 1. The zero-order valence-electron chi connectivity index (χ0n) is 17.5. The number of nitrogens with zero attached hydrogens (tertiary/aromatic N) is 1. The SMILES string of the molecule is COc1cc(/C=C(\C#N)c2ccc(Cl)cc2)ccc1OCC(=O)Nc1ccc(C)c(Cl)c1. The van der Waals surface area contributed by atoms with Crippen molar-refractivity contribution in [1.29, 1.82) is 5.26 Å². The number of carbonyl (C=O) groups excluding carboxylic acids is 1. The lowest BCUT2D eigenvalue weighted by Crippen LogP contribution is -2.20. The summed E-state index contributed by atoms with van der Waals surface area (Å²) in [7, 11) is 1.51. The van der Waals surface area contributed by atoms with E-state index in [2.05, 4.69) is 11.4 Å². The van der Waals surface area contributed by atoms with Crippen molar-refractivity contribution in [3.63, 3.8) is 0 Å². The number of allylic oxidation sites excluding steroid dienone is 1. The van der Waals surface area contributed by atoms with Crippen LogP contribution in [0.3, 0.4) is 0 Å². The molecule has 0 heterocycles. The molecule has 32 heavy (non-hydrogen) atoms. The van der Waals surface area contributed by atoms with Gasteiger partial charge in [0.05, 0.1) is 18.8 Å². The van der Waals surface area contributed by atoms with Gasteiger partial charge < -0.3 is 14.8 Å². The summed E-state index contributed by atoms with van der Waals surface area (Å²) in [5, 5.41) is 13.4. The molecule has 3 rings (SSSR count). The van der Waals surface area contributed by atoms with Crippen LogP contribution in [0, 0.1) is 18.3 Å². The third kappa shape index (κ3) is 6.04. The van der Waals surface area contributed by atoms with E-state index in [1.165, 1.54) is 7.11 Å². The van der Waals surface area contributed by atoms with Crippen molar-refractivity contribution in [3.8, 4) is 17.6 Å². The summed E-state index contributed by atoms with van der Waals surface area (Å²) in [4.78, 5) is 12.2. The van der Waals surface area contributed by atoms with Gasteiger partial charge in [-0.05, 0) is 66.1 Å². The first-order valence-electron chi connectivity index (χ1n) is 9.64. The average molecular weight is 467 g/mol. The van der Waals surface area contributed by atoms with Gasteiger partial charge in [0.25, 0.3) is 5.91 Å². The fraction of sp³-hybridized carbons (Fsp3) is 0.120. The van der Waals surface area contributed by atoms with Gasteiger partial charge in [0, 0.05) is 15.7 Å². The van der Waals surface area contributed by atoms with Crippen molar-refractivity contribution in [2.75, 3.05) is 19.0 Å². The molecule has 1 N–H and O–H groups in total. The lowest BCUT2D eigenvalue weighted by Gasteiger charge is -2.12. The van der Waals surface area contributed by atoms with Crippen molar-refractivity contribution in [2.24, 2.45) is 0 Å². The molecule has 0 aliphatic rings. The number of nitrogens with one attached hydrogen (secondary N) is 1. The van der Waals surface area contributed by atoms with Gasteiger partial charge in [-0.25, -0.2) is 0 Å². The van der Waals surface area contributed by atoms with Crippen molar-refractivity contribution in [2.45, 2.75) is 6.92 Å². The molecule has 3 aromatic rings. The summed E-state index contributed by atoms with van der Waals surface area (Å²) in [6, 6.07) is 19.7. The van der Waals surface area contributed by atoms with E-state index in [9.17, 15) is 10.1 Å². The highest BCUT2D eigenvalue weighted by Gasteiger charge is 2.10. The quantitative estimate of drug-likeness (QED) is 0.323. The first-order valence-corrected chi connectivity index (χ1v) is 10.4. The Morgan fingerprint density at radius 1 is 1.06 bits per heavy atom. The highest BCUT2D eigenvalue weighted by atomic mass is 35.5. The highest BCUT2D eigenvalue weighted by Crippen LogP contribution is 2.30. The number of rotatable bonds is 7. The average Bonchev–Trinajstić information content (AvgIpc) is 2.79. The third-order valence-electron chi connectivity index (χ3n) is 4.59. The number of hydrogen-bond donors (Lipinski definition) is 1. The number of methoxy groups -OCH3 is 1. The molecule has 0 saturated carbocycles. The second-order valence-electron chi connectivity index (χ2n) is 6.89. The summed E-state index contributed by atoms with van der Waals surface area (Å²) < 4.78 is 11.0. The maximum Gasteiger partial charge on any atom is 0.262 e. The second kappa shape index (κ2) is 10.7. The van der Waals surface area contributed by atoms with Crippen LogP contribution in [0.5, 0.6) is 11.5 Å². The zero-order chi connectivity index (χ0) is 23.1. The van der Waals surface area contributed by atoms with Crippen LogP contribution >= 0.6 is 23.2 Å². The molecule has 5 nitrogen and oxygen atoms in total. The number of hydrogen-bond acceptors (Lipinski definition) is 4. The van der Waals surface area contributed by atoms with E-state index in [-0.39, 0.29) is 12.5 Å². The lowest BCUT2D eigenvalue weighted by molar-refractivity contribution is -0.118. The molecule has 7 heteroatoms. The smallest absolute Gasteiger partial charge is 0.262 e. The molecule has 0 spiro atoms. The van der Waals surface area contributed by atoms with Gasteiger partial charge in [-0.2, -0.15) is 5.26 Å². The molecule has 3 aromatic carbocycles. The van der Waals surface area contributed by atoms with Crippen LogP contribution < -0.4 is 14.8 Å². The lowest BCUT2D eigenvalue weighted by atomic mass is 10.0. The first-order chi connectivity index (χ1) is 15.4. The van der Waals surface area contributed by atoms with E-state index in [0.29, 0.717) is 32.8 Å². The largest absolute Gasteiger partial charge is 0.493 e. The molecule has 0 aliphatic carbocycles. The van der Waals surface area contributed by atoms with Gasteiger partial charge in [0.2, 0.25) is 0 Å². The van der Waals surface area contributed by atoms with Crippen molar-refractivity contribution in [1.82, 2.24) is 0 Å². The van der Waals surface area contributed by atoms with E-state index in [1.807, 2.05) is 13.0 Å². The van der Waals surface area contributed by atoms with Crippen molar-refractivity contribution in [3.05, 3.63) is 87.4 Å². The van der Waals surface area contributed by atoms with Crippen LogP contribution in [0.25, 0.3) is 11.6 Å². The normalized spacial score (nSPS) is 10.9. The molecule has 0 radical (unpaired) electrons. The van der Waals surface area contributed by atoms with E-state index in [0.717, 1.165) is 16.7 Å². The Bertz CT molecular complexity index is 1200. The number of anilines is 1. The minimum Gasteiger partial charge on any atom is -0.493 e. The highest BCUT2D eigenvalue weighted by molar-refractivity contribution is 6.31. The van der Waals surface area contributed by atoms with Gasteiger partial charge in [0.15, 0.2) is 18.1 Å². The predicted octanol–water partition coefficient (Wildman–Crippen LogP) is 6.39. The molecule has 0 saturated heterocycles. The fourth-order valence-electron chi connectivity index (χ4n) is 2.88. The predicted molar refractivity (Wildman–Crippen MR) is 128 cm³/mol. The number of benzene rings is 3. The van der Waals surface area contributed by atoms with Gasteiger partial charge in [0.1, 0.15) is 0 Å². The van der Waals surface area contributed by atoms with Crippen LogP contribution in [-0.4, -0.2) is 19.6 Å². The Morgan fingerprint density at radius 3 is 2.47 bits per heavy atom. The fourth-order valence-corrected chi connectivity index (χ4v) is 3.19. The van der Waals surface area contributed by atoms with E-state index >= 15 is 0 Å².